The molecule has 0 spiro atoms. The van der Waals surface area contributed by atoms with Crippen molar-refractivity contribution in [2.24, 2.45) is 0 Å². The molecule has 7 nitrogen and oxygen atoms in total. The maximum Gasteiger partial charge on any atom is 0.329 e. The van der Waals surface area contributed by atoms with Gasteiger partial charge in [-0.2, -0.15) is 0 Å². The highest BCUT2D eigenvalue weighted by atomic mass is 16.7. The first-order chi connectivity index (χ1) is 17.0. The number of carbonyl (C=O) groups is 2. The fraction of sp³-hybridized carbons (Fsp3) is 0.571. The molecule has 194 valence electrons. The van der Waals surface area contributed by atoms with Crippen LogP contribution in [0.25, 0.3) is 0 Å². The van der Waals surface area contributed by atoms with Crippen LogP contribution in [0.3, 0.4) is 0 Å². The Morgan fingerprint density at radius 3 is 2.14 bits per heavy atom. The number of allylic oxidation sites excluding steroid dienone is 1. The second-order valence-corrected chi connectivity index (χ2v) is 8.45. The molecule has 1 unspecified atom stereocenters. The van der Waals surface area contributed by atoms with Gasteiger partial charge >= 0.3 is 11.9 Å². The molecule has 1 aliphatic heterocycles. The first kappa shape index (κ1) is 28.3. The van der Waals surface area contributed by atoms with Crippen LogP contribution in [0.15, 0.2) is 48.2 Å². The smallest absolute Gasteiger partial charge is 0.329 e. The lowest BCUT2D eigenvalue weighted by molar-refractivity contribution is -0.0180. The van der Waals surface area contributed by atoms with Gasteiger partial charge in [-0.3, -0.25) is 9.59 Å². The fourth-order valence-electron chi connectivity index (χ4n) is 3.27. The molecular formula is C28H40O7. The molecule has 1 aromatic carbocycles. The van der Waals surface area contributed by atoms with Gasteiger partial charge < -0.3 is 23.7 Å². The minimum atomic E-state index is -0.790. The highest BCUT2D eigenvalue weighted by Crippen LogP contribution is 2.25. The van der Waals surface area contributed by atoms with Gasteiger partial charge in [0.15, 0.2) is 12.4 Å². The number of ketones is 2. The molecule has 0 amide bonds. The summed E-state index contributed by atoms with van der Waals surface area (Å²) < 4.78 is 29.3. The summed E-state index contributed by atoms with van der Waals surface area (Å²) in [5.41, 5.74) is 0.738. The summed E-state index contributed by atoms with van der Waals surface area (Å²) in [5, 5.41) is 0. The van der Waals surface area contributed by atoms with E-state index >= 15 is 0 Å². The molecule has 0 radical (unpaired) electrons. The molecule has 1 aliphatic rings. The minimum Gasteiger partial charge on any atom is -0.463 e. The number of unbranched alkanes of at least 4 members (excludes halogenated alkanes) is 3. The third-order valence-electron chi connectivity index (χ3n) is 5.38. The Kier molecular flexibility index (Phi) is 12.8. The van der Waals surface area contributed by atoms with Crippen molar-refractivity contribution in [1.29, 1.82) is 0 Å². The lowest BCUT2D eigenvalue weighted by atomic mass is 10.00. The van der Waals surface area contributed by atoms with Gasteiger partial charge in [0.2, 0.25) is 11.6 Å². The zero-order valence-corrected chi connectivity index (χ0v) is 21.6. The summed E-state index contributed by atoms with van der Waals surface area (Å²) in [6, 6.07) is 6.60. The van der Waals surface area contributed by atoms with Gasteiger partial charge in [-0.1, -0.05) is 71.6 Å². The predicted octanol–water partition coefficient (Wildman–Crippen LogP) is 6.69. The lowest BCUT2D eigenvalue weighted by Gasteiger charge is -2.20. The summed E-state index contributed by atoms with van der Waals surface area (Å²) in [7, 11) is 0. The van der Waals surface area contributed by atoms with Crippen LogP contribution in [0.2, 0.25) is 0 Å². The number of carbonyl (C=O) groups excluding carboxylic acids is 2. The van der Waals surface area contributed by atoms with Crippen LogP contribution in [0, 0.1) is 0 Å². The Bertz CT molecular complexity index is 860. The topological polar surface area (TPSA) is 80.3 Å². The van der Waals surface area contributed by atoms with Crippen LogP contribution in [-0.4, -0.2) is 37.5 Å². The van der Waals surface area contributed by atoms with E-state index in [-0.39, 0.29) is 23.4 Å². The van der Waals surface area contributed by atoms with Crippen LogP contribution >= 0.6 is 0 Å². The summed E-state index contributed by atoms with van der Waals surface area (Å²) in [6.07, 6.45) is 7.01. The number of Topliss-reactive ketones (excluding diaryl/α,β-unsaturated/α-hetero) is 2. The van der Waals surface area contributed by atoms with E-state index in [2.05, 4.69) is 13.8 Å². The van der Waals surface area contributed by atoms with E-state index in [1.165, 1.54) is 6.26 Å². The van der Waals surface area contributed by atoms with Crippen LogP contribution in [0.4, 0.5) is 0 Å². The Morgan fingerprint density at radius 1 is 0.886 bits per heavy atom. The lowest BCUT2D eigenvalue weighted by Crippen LogP contribution is -2.25. The van der Waals surface area contributed by atoms with Crippen molar-refractivity contribution in [3.63, 3.8) is 0 Å². The van der Waals surface area contributed by atoms with Crippen molar-refractivity contribution in [3.8, 4) is 0 Å². The summed E-state index contributed by atoms with van der Waals surface area (Å²) in [6.45, 7) is 9.41. The second kappa shape index (κ2) is 15.8. The quantitative estimate of drug-likeness (QED) is 0.189. The van der Waals surface area contributed by atoms with Gasteiger partial charge in [-0.25, -0.2) is 0 Å². The number of benzene rings is 1. The van der Waals surface area contributed by atoms with Crippen molar-refractivity contribution in [1.82, 2.24) is 0 Å². The highest BCUT2D eigenvalue weighted by molar-refractivity contribution is 6.10. The van der Waals surface area contributed by atoms with E-state index in [0.29, 0.717) is 37.4 Å². The molecule has 0 fully saturated rings. The first-order valence-corrected chi connectivity index (χ1v) is 12.9. The Labute approximate surface area is 209 Å². The molecule has 0 saturated heterocycles. The molecule has 0 aliphatic carbocycles. The molecule has 1 heterocycles. The molecule has 2 rings (SSSR count). The maximum absolute atomic E-state index is 13.5. The van der Waals surface area contributed by atoms with Gasteiger partial charge in [0.25, 0.3) is 5.76 Å². The number of fused-ring (bicyclic) bond motifs is 2. The maximum atomic E-state index is 13.5. The largest absolute Gasteiger partial charge is 0.463 e. The second-order valence-electron chi connectivity index (χ2n) is 8.45. The molecule has 35 heavy (non-hydrogen) atoms. The van der Waals surface area contributed by atoms with E-state index in [1.54, 1.807) is 24.3 Å². The zero-order chi connectivity index (χ0) is 25.5. The molecule has 0 aromatic heterocycles. The van der Waals surface area contributed by atoms with Crippen molar-refractivity contribution < 1.29 is 33.3 Å². The van der Waals surface area contributed by atoms with Crippen molar-refractivity contribution in [2.45, 2.75) is 85.2 Å². The molecule has 7 heteroatoms. The van der Waals surface area contributed by atoms with E-state index in [9.17, 15) is 9.59 Å². The standard InChI is InChI=1S/C28H40O7/c1-5-9-16-31-24(32-17-10-6-2)20-34-27-26(30)22-15-12-14-21(19-22)25(29)23(13-8-4)35-28(27)33-18-11-7-3/h12,14-15,19-20,23H,5-11,13,16-18H2,1-4H3/b28-27+. The van der Waals surface area contributed by atoms with Crippen molar-refractivity contribution >= 4 is 11.6 Å². The highest BCUT2D eigenvalue weighted by Gasteiger charge is 2.31. The average Bonchev–Trinajstić information content (AvgIpc) is 2.89. The molecule has 0 N–H and O–H groups in total. The Hall–Kier alpha value is -2.96. The number of ether oxygens (including phenoxy) is 5. The number of hydrogen-bond donors (Lipinski definition) is 0. The van der Waals surface area contributed by atoms with Crippen LogP contribution in [0.5, 0.6) is 0 Å². The van der Waals surface area contributed by atoms with E-state index in [1.807, 2.05) is 13.8 Å². The molecule has 2 bridgehead atoms. The van der Waals surface area contributed by atoms with Crippen molar-refractivity contribution in [2.75, 3.05) is 19.8 Å². The Morgan fingerprint density at radius 2 is 1.51 bits per heavy atom. The van der Waals surface area contributed by atoms with Gasteiger partial charge in [0.1, 0.15) is 0 Å². The fourth-order valence-corrected chi connectivity index (χ4v) is 3.27. The van der Waals surface area contributed by atoms with Gasteiger partial charge in [0.05, 0.1) is 19.8 Å². The number of rotatable bonds is 16. The zero-order valence-electron chi connectivity index (χ0n) is 21.6. The minimum absolute atomic E-state index is 0.0876. The van der Waals surface area contributed by atoms with Crippen LogP contribution in [-0.2, 0) is 23.7 Å². The average molecular weight is 489 g/mol. The first-order valence-electron chi connectivity index (χ1n) is 12.9. The molecule has 0 saturated carbocycles. The summed E-state index contributed by atoms with van der Waals surface area (Å²) >= 11 is 0. The molecule has 1 atom stereocenters. The predicted molar refractivity (Wildman–Crippen MR) is 134 cm³/mol. The van der Waals surface area contributed by atoms with E-state index in [4.69, 9.17) is 23.7 Å². The normalized spacial score (nSPS) is 17.5. The third-order valence-corrected chi connectivity index (χ3v) is 5.38. The molecule has 1 aromatic rings. The Balaban J connectivity index is 2.47. The molecular weight excluding hydrogens is 448 g/mol. The van der Waals surface area contributed by atoms with Gasteiger partial charge in [-0.15, -0.1) is 0 Å². The van der Waals surface area contributed by atoms with Crippen molar-refractivity contribution in [3.05, 3.63) is 59.3 Å². The van der Waals surface area contributed by atoms with E-state index < -0.39 is 11.9 Å². The van der Waals surface area contributed by atoms with Crippen LogP contribution < -0.4 is 0 Å². The van der Waals surface area contributed by atoms with Crippen LogP contribution in [0.1, 0.15) is 99.8 Å². The monoisotopic (exact) mass is 488 g/mol. The summed E-state index contributed by atoms with van der Waals surface area (Å²) in [5.74, 6) is -0.669. The van der Waals surface area contributed by atoms with Gasteiger partial charge in [-0.05, 0) is 31.7 Å². The van der Waals surface area contributed by atoms with E-state index in [0.717, 1.165) is 44.9 Å². The SMILES string of the molecule is CCCCOC(=CO/C1=C(\OCCCC)OC(CCC)C(=O)c2cccc(c2)C1=O)OCCCC. The number of hydrogen-bond acceptors (Lipinski definition) is 7. The summed E-state index contributed by atoms with van der Waals surface area (Å²) in [4.78, 5) is 26.6. The van der Waals surface area contributed by atoms with Gasteiger partial charge in [0, 0.05) is 11.1 Å². The third kappa shape index (κ3) is 8.96.